The Kier molecular flexibility index (Phi) is 4.45. The van der Waals surface area contributed by atoms with Crippen molar-refractivity contribution < 1.29 is 22.0 Å². The maximum atomic E-state index is 13.2. The van der Waals surface area contributed by atoms with Gasteiger partial charge in [0, 0.05) is 11.1 Å². The highest BCUT2D eigenvalue weighted by Crippen LogP contribution is 2.38. The molecular weight excluding hydrogens is 453 g/mol. The van der Waals surface area contributed by atoms with Crippen molar-refractivity contribution >= 4 is 37.4 Å². The monoisotopic (exact) mass is 467 g/mol. The van der Waals surface area contributed by atoms with Gasteiger partial charge in [-0.2, -0.15) is 18.3 Å². The molecule has 5 heterocycles. The van der Waals surface area contributed by atoms with Crippen molar-refractivity contribution in [2.75, 3.05) is 0 Å². The zero-order valence-corrected chi connectivity index (χ0v) is 17.6. The van der Waals surface area contributed by atoms with Gasteiger partial charge in [-0.1, -0.05) is 0 Å². The Morgan fingerprint density at radius 2 is 1.81 bits per heavy atom. The first kappa shape index (κ1) is 20.7. The van der Waals surface area contributed by atoms with Crippen molar-refractivity contribution in [3.8, 4) is 0 Å². The molecule has 7 nitrogen and oxygen atoms in total. The fourth-order valence-electron chi connectivity index (χ4n) is 3.67. The molecule has 1 atom stereocenters. The third-order valence-corrected chi connectivity index (χ3v) is 6.25. The fraction of sp³-hybridized carbons (Fsp3) is 0.316. The smallest absolute Gasteiger partial charge is 0.259 e. The molecule has 0 aromatic carbocycles. The van der Waals surface area contributed by atoms with E-state index in [0.29, 0.717) is 38.3 Å². The Labute approximate surface area is 180 Å². The lowest BCUT2D eigenvalue weighted by molar-refractivity contribution is -0.141. The van der Waals surface area contributed by atoms with Gasteiger partial charge in [-0.25, -0.2) is 28.2 Å². The molecule has 0 aliphatic carbocycles. The third-order valence-electron chi connectivity index (χ3n) is 5.18. The van der Waals surface area contributed by atoms with E-state index >= 15 is 0 Å². The van der Waals surface area contributed by atoms with Crippen LogP contribution in [0.5, 0.6) is 0 Å². The normalized spacial score (nSPS) is 13.8. The topological polar surface area (TPSA) is 73.8 Å². The van der Waals surface area contributed by atoms with E-state index < -0.39 is 24.3 Å². The number of pyridine rings is 1. The average Bonchev–Trinajstić information content (AvgIpc) is 3.40. The van der Waals surface area contributed by atoms with Crippen LogP contribution in [0.15, 0.2) is 18.5 Å². The number of hydrogen-bond donors (Lipinski definition) is 0. The molecule has 5 rings (SSSR count). The summed E-state index contributed by atoms with van der Waals surface area (Å²) in [4.78, 5) is 12.9. The molecule has 0 aliphatic heterocycles. The van der Waals surface area contributed by atoms with E-state index in [9.17, 15) is 22.0 Å². The second-order valence-corrected chi connectivity index (χ2v) is 8.40. The second kappa shape index (κ2) is 6.89. The molecule has 13 heteroatoms. The van der Waals surface area contributed by atoms with Gasteiger partial charge >= 0.3 is 6.18 Å². The Morgan fingerprint density at radius 1 is 1.06 bits per heavy atom. The van der Waals surface area contributed by atoms with Crippen LogP contribution in [-0.2, 0) is 6.18 Å². The number of nitrogens with zero attached hydrogens (tertiary/aromatic N) is 7. The summed E-state index contributed by atoms with van der Waals surface area (Å²) in [5, 5.41) is 8.86. The molecule has 0 fully saturated rings. The van der Waals surface area contributed by atoms with Crippen LogP contribution in [0.25, 0.3) is 26.1 Å². The molecule has 0 amide bonds. The molecule has 0 radical (unpaired) electrons. The summed E-state index contributed by atoms with van der Waals surface area (Å²) < 4.78 is 68.9. The summed E-state index contributed by atoms with van der Waals surface area (Å²) >= 11 is 1.05. The number of aromatic nitrogens is 7. The zero-order valence-electron chi connectivity index (χ0n) is 16.8. The molecule has 0 N–H and O–H groups in total. The lowest BCUT2D eigenvalue weighted by Gasteiger charge is -2.10. The molecule has 0 aliphatic rings. The molecule has 0 saturated carbocycles. The molecule has 0 saturated heterocycles. The van der Waals surface area contributed by atoms with Crippen molar-refractivity contribution in [1.29, 1.82) is 0 Å². The van der Waals surface area contributed by atoms with Crippen molar-refractivity contribution in [3.63, 3.8) is 0 Å². The number of aryl methyl sites for hydroxylation is 2. The Balaban J connectivity index is 1.68. The summed E-state index contributed by atoms with van der Waals surface area (Å²) in [6, 6.07) is 1.75. The minimum atomic E-state index is -4.56. The number of rotatable bonds is 3. The van der Waals surface area contributed by atoms with Gasteiger partial charge in [-0.3, -0.25) is 4.68 Å². The van der Waals surface area contributed by atoms with Gasteiger partial charge in [0.25, 0.3) is 6.43 Å². The van der Waals surface area contributed by atoms with Crippen molar-refractivity contribution in [2.24, 2.45) is 0 Å². The molecular formula is C19H14F5N7S. The van der Waals surface area contributed by atoms with E-state index in [4.69, 9.17) is 0 Å². The standard InChI is InChI=1S/C19H14F5N7S/c1-7-4-11(19(22,23)24)26-18-12(7)13-14(32-18)17-27-16(29-30(17)6-25-13)9(3)31-8(2)5-10(28-31)15(20)21/h4-6,9,15H,1-3H3/t9-/m0/s1. The highest BCUT2D eigenvalue weighted by molar-refractivity contribution is 7.26. The second-order valence-electron chi connectivity index (χ2n) is 7.40. The highest BCUT2D eigenvalue weighted by atomic mass is 32.1. The van der Waals surface area contributed by atoms with Crippen molar-refractivity contribution in [1.82, 2.24) is 34.3 Å². The molecule has 0 unspecified atom stereocenters. The molecule has 5 aromatic heterocycles. The van der Waals surface area contributed by atoms with E-state index in [-0.39, 0.29) is 10.5 Å². The van der Waals surface area contributed by atoms with E-state index in [1.165, 1.54) is 21.6 Å². The number of fused-ring (bicyclic) bond motifs is 5. The van der Waals surface area contributed by atoms with Gasteiger partial charge in [-0.15, -0.1) is 16.4 Å². The number of thiophene rings is 1. The van der Waals surface area contributed by atoms with E-state index in [0.717, 1.165) is 17.4 Å². The largest absolute Gasteiger partial charge is 0.433 e. The van der Waals surface area contributed by atoms with Crippen molar-refractivity contribution in [3.05, 3.63) is 46.9 Å². The predicted molar refractivity (Wildman–Crippen MR) is 107 cm³/mol. The van der Waals surface area contributed by atoms with E-state index in [1.54, 1.807) is 20.8 Å². The minimum absolute atomic E-state index is 0.204. The first-order valence-electron chi connectivity index (χ1n) is 9.41. The molecule has 5 aromatic rings. The third kappa shape index (κ3) is 3.10. The first-order chi connectivity index (χ1) is 15.0. The van der Waals surface area contributed by atoms with Crippen LogP contribution in [0.2, 0.25) is 0 Å². The number of hydrogen-bond acceptors (Lipinski definition) is 6. The van der Waals surface area contributed by atoms with Crippen LogP contribution in [0, 0.1) is 13.8 Å². The quantitative estimate of drug-likeness (QED) is 0.338. The van der Waals surface area contributed by atoms with Crippen LogP contribution in [-0.4, -0.2) is 34.3 Å². The predicted octanol–water partition coefficient (Wildman–Crippen LogP) is 5.27. The molecule has 166 valence electrons. The van der Waals surface area contributed by atoms with E-state index in [2.05, 4.69) is 25.1 Å². The van der Waals surface area contributed by atoms with Gasteiger partial charge in [0.1, 0.15) is 33.3 Å². The highest BCUT2D eigenvalue weighted by Gasteiger charge is 2.34. The maximum Gasteiger partial charge on any atom is 0.433 e. The van der Waals surface area contributed by atoms with Crippen molar-refractivity contribution in [2.45, 2.75) is 39.4 Å². The minimum Gasteiger partial charge on any atom is -0.259 e. The summed E-state index contributed by atoms with van der Waals surface area (Å²) in [6.07, 6.45) is -5.84. The van der Waals surface area contributed by atoms with Crippen LogP contribution in [0.4, 0.5) is 22.0 Å². The molecule has 32 heavy (non-hydrogen) atoms. The summed E-state index contributed by atoms with van der Waals surface area (Å²) in [7, 11) is 0. The Hall–Kier alpha value is -3.22. The van der Waals surface area contributed by atoms with Gasteiger partial charge < -0.3 is 0 Å². The van der Waals surface area contributed by atoms with Gasteiger partial charge in [0.2, 0.25) is 0 Å². The number of halogens is 5. The van der Waals surface area contributed by atoms with Crippen LogP contribution in [0.1, 0.15) is 47.9 Å². The van der Waals surface area contributed by atoms with E-state index in [1.807, 2.05) is 0 Å². The lowest BCUT2D eigenvalue weighted by Crippen LogP contribution is -2.12. The van der Waals surface area contributed by atoms with Crippen LogP contribution >= 0.6 is 11.3 Å². The van der Waals surface area contributed by atoms with Gasteiger partial charge in [0.05, 0.1) is 5.52 Å². The average molecular weight is 467 g/mol. The molecule has 0 spiro atoms. The van der Waals surface area contributed by atoms with Gasteiger partial charge in [0.15, 0.2) is 11.5 Å². The lowest BCUT2D eigenvalue weighted by atomic mass is 10.1. The summed E-state index contributed by atoms with van der Waals surface area (Å²) in [6.45, 7) is 4.96. The maximum absolute atomic E-state index is 13.2. The fourth-order valence-corrected chi connectivity index (χ4v) is 4.85. The first-order valence-corrected chi connectivity index (χ1v) is 10.2. The SMILES string of the molecule is Cc1cc(C(F)(F)F)nc2sc3c(ncn4nc([C@H](C)n5nc(C(F)F)cc5C)nc34)c12. The summed E-state index contributed by atoms with van der Waals surface area (Å²) in [5.41, 5.74) is 0.504. The summed E-state index contributed by atoms with van der Waals surface area (Å²) in [5.74, 6) is 0.310. The van der Waals surface area contributed by atoms with Crippen LogP contribution < -0.4 is 0 Å². The number of alkyl halides is 5. The van der Waals surface area contributed by atoms with Gasteiger partial charge in [-0.05, 0) is 38.5 Å². The Bertz CT molecular complexity index is 1500. The molecule has 0 bridgehead atoms. The zero-order chi connectivity index (χ0) is 22.9. The van der Waals surface area contributed by atoms with Crippen LogP contribution in [0.3, 0.4) is 0 Å². The Morgan fingerprint density at radius 3 is 2.47 bits per heavy atom.